The van der Waals surface area contributed by atoms with Crippen LogP contribution in [0.4, 0.5) is 23.5 Å². The van der Waals surface area contributed by atoms with Gasteiger partial charge in [-0.05, 0) is 64.1 Å². The topological polar surface area (TPSA) is 267 Å². The minimum absolute atomic E-state index is 0.0340. The van der Waals surface area contributed by atoms with Crippen LogP contribution in [0.3, 0.4) is 0 Å². The number of hydrogen-bond acceptors (Lipinski definition) is 16. The SMILES string of the molecule is C[C@@H](O)Cn1c(=O)c(Oc2ccc(F)cc2F)cc2cnc(N[C@@H](C)CO)nc21.C[C@@H](O)Cn1c(=O)c(Oc2ccc(F)cc2F)cc2cnc(S(C)(=O)=O)nc21.C[C@H](N)CO. The van der Waals surface area contributed by atoms with Crippen molar-refractivity contribution in [1.82, 2.24) is 29.1 Å². The average Bonchev–Trinajstić information content (AvgIpc) is 3.19. The molecule has 4 atom stereocenters. The molecule has 0 saturated heterocycles. The zero-order valence-electron chi connectivity index (χ0n) is 33.8. The predicted molar refractivity (Wildman–Crippen MR) is 218 cm³/mol. The molecular formula is C39H44F4N8O10S. The summed E-state index contributed by atoms with van der Waals surface area (Å²) in [6.45, 7) is 6.02. The van der Waals surface area contributed by atoms with E-state index in [-0.39, 0.29) is 84.0 Å². The van der Waals surface area contributed by atoms with Crippen molar-refractivity contribution in [2.45, 2.75) is 70.2 Å². The Kier molecular flexibility index (Phi) is 16.5. The summed E-state index contributed by atoms with van der Waals surface area (Å²) in [5, 5.41) is 39.7. The van der Waals surface area contributed by atoms with Crippen LogP contribution in [0.15, 0.2) is 75.7 Å². The van der Waals surface area contributed by atoms with Crippen LogP contribution in [0.2, 0.25) is 0 Å². The van der Waals surface area contributed by atoms with Gasteiger partial charge in [0.15, 0.2) is 34.6 Å². The summed E-state index contributed by atoms with van der Waals surface area (Å²) < 4.78 is 90.3. The van der Waals surface area contributed by atoms with Crippen molar-refractivity contribution < 1.29 is 55.9 Å². The molecule has 0 aliphatic rings. The number of fused-ring (bicyclic) bond motifs is 2. The molecule has 334 valence electrons. The number of nitrogens with two attached hydrogens (primary N) is 1. The second-order valence-electron chi connectivity index (χ2n) is 14.0. The van der Waals surface area contributed by atoms with Gasteiger partial charge in [-0.3, -0.25) is 18.7 Å². The second-order valence-corrected chi connectivity index (χ2v) is 15.9. The second kappa shape index (κ2) is 21.1. The maximum absolute atomic E-state index is 13.9. The molecule has 0 spiro atoms. The van der Waals surface area contributed by atoms with Crippen molar-refractivity contribution >= 4 is 37.9 Å². The number of pyridine rings is 2. The van der Waals surface area contributed by atoms with E-state index in [4.69, 9.17) is 25.4 Å². The number of benzene rings is 2. The van der Waals surface area contributed by atoms with E-state index < -0.39 is 61.6 Å². The minimum Gasteiger partial charge on any atom is -0.448 e. The van der Waals surface area contributed by atoms with Gasteiger partial charge in [-0.2, -0.15) is 9.97 Å². The van der Waals surface area contributed by atoms with Gasteiger partial charge in [0.1, 0.15) is 22.9 Å². The fourth-order valence-electron chi connectivity index (χ4n) is 5.13. The normalized spacial score (nSPS) is 13.3. The number of anilines is 1. The summed E-state index contributed by atoms with van der Waals surface area (Å²) in [7, 11) is -3.74. The van der Waals surface area contributed by atoms with Crippen molar-refractivity contribution in [3.8, 4) is 23.0 Å². The number of aliphatic hydroxyl groups is 4. The monoisotopic (exact) mass is 892 g/mol. The first kappa shape index (κ1) is 48.6. The number of nitrogens with one attached hydrogen (secondary N) is 1. The Morgan fingerprint density at radius 1 is 0.710 bits per heavy atom. The fourth-order valence-corrected chi connectivity index (χ4v) is 5.63. The van der Waals surface area contributed by atoms with Crippen LogP contribution in [-0.2, 0) is 22.9 Å². The highest BCUT2D eigenvalue weighted by atomic mass is 32.2. The summed E-state index contributed by atoms with van der Waals surface area (Å²) in [6.07, 6.45) is 1.66. The Balaban J connectivity index is 0.000000246. The number of sulfone groups is 1. The molecule has 23 heteroatoms. The zero-order chi connectivity index (χ0) is 46.1. The molecule has 4 heterocycles. The van der Waals surface area contributed by atoms with E-state index in [9.17, 15) is 45.8 Å². The third kappa shape index (κ3) is 13.0. The van der Waals surface area contributed by atoms with Gasteiger partial charge >= 0.3 is 0 Å². The fraction of sp³-hybridized carbons (Fsp3) is 0.333. The number of ether oxygens (including phenoxy) is 2. The first-order valence-electron chi connectivity index (χ1n) is 18.5. The predicted octanol–water partition coefficient (Wildman–Crippen LogP) is 3.01. The molecule has 2 aromatic carbocycles. The first-order chi connectivity index (χ1) is 29.1. The molecule has 0 radical (unpaired) electrons. The van der Waals surface area contributed by atoms with Crippen LogP contribution >= 0.6 is 0 Å². The maximum atomic E-state index is 13.9. The Labute approximate surface area is 350 Å². The number of rotatable bonds is 13. The molecule has 18 nitrogen and oxygen atoms in total. The van der Waals surface area contributed by atoms with E-state index in [1.165, 1.54) is 42.9 Å². The van der Waals surface area contributed by atoms with E-state index >= 15 is 0 Å². The standard InChI is InChI=1S/C19H20F2N4O4.C17H15F2N3O5S.C3H9NO/c1-10(9-26)23-19-22-7-12-5-16(29-15-4-3-13(20)6-14(15)21)18(28)25(8-11(2)27)17(12)24-19;1-9(23)8-22-15-10(7-20-17(21-15)28(2,25)26)5-14(16(22)24)27-13-4-3-11(18)6-12(13)19;1-3(4)2-5/h3-7,10-11,26-27H,8-9H2,1-2H3,(H,22,23,24);3-7,9,23H,8H2,1-2H3;3,5H,2,4H2,1H3/t10-,11+;9-;3-/m010/s1. The van der Waals surface area contributed by atoms with Gasteiger partial charge in [-0.25, -0.2) is 35.9 Å². The number of aromatic nitrogens is 6. The van der Waals surface area contributed by atoms with Gasteiger partial charge in [0.05, 0.1) is 38.5 Å². The first-order valence-corrected chi connectivity index (χ1v) is 20.4. The van der Waals surface area contributed by atoms with Gasteiger partial charge in [0.25, 0.3) is 11.1 Å². The van der Waals surface area contributed by atoms with Crippen molar-refractivity contribution in [1.29, 1.82) is 0 Å². The molecule has 0 saturated carbocycles. The van der Waals surface area contributed by atoms with E-state index in [0.717, 1.165) is 35.1 Å². The lowest BCUT2D eigenvalue weighted by atomic mass is 10.2. The van der Waals surface area contributed by atoms with Gasteiger partial charge in [-0.15, -0.1) is 0 Å². The molecule has 0 fully saturated rings. The average molecular weight is 893 g/mol. The Morgan fingerprint density at radius 2 is 1.15 bits per heavy atom. The van der Waals surface area contributed by atoms with Crippen LogP contribution in [0.1, 0.15) is 27.7 Å². The molecule has 7 N–H and O–H groups in total. The summed E-state index contributed by atoms with van der Waals surface area (Å²) in [5.74, 6) is -4.60. The molecule has 0 unspecified atom stereocenters. The van der Waals surface area contributed by atoms with Crippen LogP contribution < -0.4 is 31.6 Å². The van der Waals surface area contributed by atoms with Crippen LogP contribution in [0.5, 0.6) is 23.0 Å². The third-order valence-electron chi connectivity index (χ3n) is 7.96. The van der Waals surface area contributed by atoms with Gasteiger partial charge in [-0.1, -0.05) is 0 Å². The van der Waals surface area contributed by atoms with Gasteiger partial charge in [0.2, 0.25) is 20.9 Å². The van der Waals surface area contributed by atoms with Crippen molar-refractivity contribution in [3.05, 3.63) is 105 Å². The lowest BCUT2D eigenvalue weighted by Gasteiger charge is -2.16. The minimum atomic E-state index is -3.74. The molecule has 0 amide bonds. The van der Waals surface area contributed by atoms with E-state index in [1.54, 1.807) is 13.8 Å². The summed E-state index contributed by atoms with van der Waals surface area (Å²) >= 11 is 0. The summed E-state index contributed by atoms with van der Waals surface area (Å²) in [4.78, 5) is 41.8. The van der Waals surface area contributed by atoms with Crippen LogP contribution in [0, 0.1) is 23.3 Å². The third-order valence-corrected chi connectivity index (χ3v) is 8.82. The maximum Gasteiger partial charge on any atom is 0.295 e. The van der Waals surface area contributed by atoms with E-state index in [0.29, 0.717) is 17.5 Å². The number of hydrogen-bond donors (Lipinski definition) is 6. The van der Waals surface area contributed by atoms with Crippen molar-refractivity contribution in [2.75, 3.05) is 24.8 Å². The summed E-state index contributed by atoms with van der Waals surface area (Å²) in [5.41, 5.74) is 3.80. The molecule has 0 bridgehead atoms. The largest absolute Gasteiger partial charge is 0.448 e. The number of halogens is 4. The van der Waals surface area contributed by atoms with Crippen molar-refractivity contribution in [2.24, 2.45) is 5.73 Å². The highest BCUT2D eigenvalue weighted by Crippen LogP contribution is 2.27. The Morgan fingerprint density at radius 3 is 1.53 bits per heavy atom. The molecule has 6 aromatic rings. The lowest BCUT2D eigenvalue weighted by molar-refractivity contribution is 0.173. The molecule has 0 aliphatic heterocycles. The number of nitrogens with zero attached hydrogens (tertiary/aromatic N) is 6. The molecule has 62 heavy (non-hydrogen) atoms. The Bertz CT molecular complexity index is 2760. The lowest BCUT2D eigenvalue weighted by Crippen LogP contribution is -2.27. The number of aliphatic hydroxyl groups excluding tert-OH is 4. The van der Waals surface area contributed by atoms with Gasteiger partial charge < -0.3 is 41.0 Å². The van der Waals surface area contributed by atoms with Crippen LogP contribution in [0.25, 0.3) is 22.1 Å². The molecule has 0 aliphatic carbocycles. The molecular weight excluding hydrogens is 849 g/mol. The van der Waals surface area contributed by atoms with E-state index in [2.05, 4.69) is 25.3 Å². The highest BCUT2D eigenvalue weighted by Gasteiger charge is 2.20. The smallest absolute Gasteiger partial charge is 0.295 e. The van der Waals surface area contributed by atoms with Crippen LogP contribution in [-0.4, -0.2) is 102 Å². The van der Waals surface area contributed by atoms with E-state index in [1.807, 2.05) is 0 Å². The molecule has 4 aromatic heterocycles. The zero-order valence-corrected chi connectivity index (χ0v) is 34.6. The highest BCUT2D eigenvalue weighted by molar-refractivity contribution is 7.90. The van der Waals surface area contributed by atoms with Gasteiger partial charge in [0, 0.05) is 53.6 Å². The quantitative estimate of drug-likeness (QED) is 0.0719. The Hall–Kier alpha value is -6.11. The van der Waals surface area contributed by atoms with Crippen molar-refractivity contribution in [3.63, 3.8) is 0 Å². The summed E-state index contributed by atoms with van der Waals surface area (Å²) in [6, 6.07) is 7.52. The molecule has 6 rings (SSSR count).